The minimum absolute atomic E-state index is 0.351. The molecule has 0 spiro atoms. The van der Waals surface area contributed by atoms with Crippen LogP contribution in [0.3, 0.4) is 0 Å². The molecular weight excluding hydrogens is 310 g/mol. The summed E-state index contributed by atoms with van der Waals surface area (Å²) in [5, 5.41) is 15.2. The quantitative estimate of drug-likeness (QED) is 0.820. The minimum atomic E-state index is -1.06. The van der Waals surface area contributed by atoms with Gasteiger partial charge in [-0.25, -0.2) is 14.3 Å². The molecule has 1 amide bonds. The van der Waals surface area contributed by atoms with E-state index < -0.39 is 11.2 Å². The van der Waals surface area contributed by atoms with Gasteiger partial charge < -0.3 is 20.5 Å². The van der Waals surface area contributed by atoms with Gasteiger partial charge in [-0.15, -0.1) is 0 Å². The van der Waals surface area contributed by atoms with E-state index >= 15 is 0 Å². The van der Waals surface area contributed by atoms with Crippen LogP contribution in [0.25, 0.3) is 5.52 Å². The van der Waals surface area contributed by atoms with E-state index in [2.05, 4.69) is 10.1 Å². The standard InChI is InChI=1S/C16H23N5O3/c1-15(2,3)24-14(22)20-8-6-16(23,7-9-20)12-5-4-11-13(17)18-10-19-21(11)12/h4-5,10,23H,6-9H2,1-3H3,(H2,17,18,19). The Morgan fingerprint density at radius 2 is 2.00 bits per heavy atom. The van der Waals surface area contributed by atoms with Gasteiger partial charge in [0.05, 0.1) is 5.69 Å². The zero-order valence-corrected chi connectivity index (χ0v) is 14.2. The van der Waals surface area contributed by atoms with Crippen molar-refractivity contribution < 1.29 is 14.6 Å². The number of aliphatic hydroxyl groups is 1. The minimum Gasteiger partial charge on any atom is -0.444 e. The molecular formula is C16H23N5O3. The van der Waals surface area contributed by atoms with Crippen LogP contribution in [0.15, 0.2) is 18.5 Å². The molecule has 1 fully saturated rings. The maximum Gasteiger partial charge on any atom is 0.410 e. The molecule has 0 bridgehead atoms. The molecule has 1 aliphatic heterocycles. The highest BCUT2D eigenvalue weighted by atomic mass is 16.6. The number of nitrogen functional groups attached to an aromatic ring is 1. The number of fused-ring (bicyclic) bond motifs is 1. The van der Waals surface area contributed by atoms with E-state index in [1.807, 2.05) is 26.8 Å². The van der Waals surface area contributed by atoms with Gasteiger partial charge in [0.25, 0.3) is 0 Å². The smallest absolute Gasteiger partial charge is 0.410 e. The molecule has 2 aromatic heterocycles. The van der Waals surface area contributed by atoms with Gasteiger partial charge in [0.1, 0.15) is 23.0 Å². The van der Waals surface area contributed by atoms with Crippen molar-refractivity contribution in [3.8, 4) is 0 Å². The molecule has 0 atom stereocenters. The summed E-state index contributed by atoms with van der Waals surface area (Å²) in [5.74, 6) is 0.367. The van der Waals surface area contributed by atoms with E-state index in [-0.39, 0.29) is 6.09 Å². The molecule has 0 saturated carbocycles. The number of amides is 1. The highest BCUT2D eigenvalue weighted by Crippen LogP contribution is 2.34. The van der Waals surface area contributed by atoms with Crippen LogP contribution in [0.5, 0.6) is 0 Å². The summed E-state index contributed by atoms with van der Waals surface area (Å²) in [6.45, 7) is 6.34. The van der Waals surface area contributed by atoms with Gasteiger partial charge in [-0.2, -0.15) is 5.10 Å². The summed E-state index contributed by atoms with van der Waals surface area (Å²) in [4.78, 5) is 17.7. The molecule has 8 nitrogen and oxygen atoms in total. The number of carbonyl (C=O) groups excluding carboxylic acids is 1. The predicted octanol–water partition coefficient (Wildman–Crippen LogP) is 1.53. The molecule has 0 unspecified atom stereocenters. The Morgan fingerprint density at radius 1 is 1.33 bits per heavy atom. The Labute approximate surface area is 140 Å². The number of anilines is 1. The molecule has 3 rings (SSSR count). The summed E-state index contributed by atoms with van der Waals surface area (Å²) < 4.78 is 7.00. The Balaban J connectivity index is 1.77. The molecule has 1 saturated heterocycles. The highest BCUT2D eigenvalue weighted by Gasteiger charge is 2.38. The lowest BCUT2D eigenvalue weighted by molar-refractivity contribution is -0.0390. The number of piperidine rings is 1. The topological polar surface area (TPSA) is 106 Å². The molecule has 8 heteroatoms. The number of carbonyl (C=O) groups is 1. The highest BCUT2D eigenvalue weighted by molar-refractivity contribution is 5.68. The van der Waals surface area contributed by atoms with E-state index in [1.165, 1.54) is 6.33 Å². The van der Waals surface area contributed by atoms with Crippen molar-refractivity contribution in [3.05, 3.63) is 24.2 Å². The molecule has 0 aliphatic carbocycles. The normalized spacial score (nSPS) is 17.9. The van der Waals surface area contributed by atoms with Gasteiger partial charge in [0.2, 0.25) is 0 Å². The number of hydrogen-bond acceptors (Lipinski definition) is 6. The Morgan fingerprint density at radius 3 is 2.62 bits per heavy atom. The molecule has 0 aromatic carbocycles. The van der Waals surface area contributed by atoms with Crippen LogP contribution in [-0.4, -0.2) is 49.4 Å². The Hall–Kier alpha value is -2.35. The van der Waals surface area contributed by atoms with Gasteiger partial charge in [0.15, 0.2) is 5.82 Å². The van der Waals surface area contributed by atoms with Crippen molar-refractivity contribution in [1.29, 1.82) is 0 Å². The summed E-state index contributed by atoms with van der Waals surface area (Å²) in [5.41, 5.74) is 5.57. The fourth-order valence-corrected chi connectivity index (χ4v) is 2.95. The summed E-state index contributed by atoms with van der Waals surface area (Å²) in [6.07, 6.45) is 1.83. The zero-order chi connectivity index (χ0) is 17.5. The van der Waals surface area contributed by atoms with Crippen molar-refractivity contribution in [2.24, 2.45) is 0 Å². The maximum absolute atomic E-state index is 12.1. The number of ether oxygens (including phenoxy) is 1. The Bertz CT molecular complexity index is 757. The number of nitrogens with two attached hydrogens (primary N) is 1. The number of hydrogen-bond donors (Lipinski definition) is 2. The van der Waals surface area contributed by atoms with Crippen LogP contribution >= 0.6 is 0 Å². The van der Waals surface area contributed by atoms with Crippen LogP contribution in [0, 0.1) is 0 Å². The lowest BCUT2D eigenvalue weighted by Gasteiger charge is -2.38. The second-order valence-corrected chi connectivity index (χ2v) is 7.16. The summed E-state index contributed by atoms with van der Waals surface area (Å²) in [7, 11) is 0. The predicted molar refractivity (Wildman–Crippen MR) is 88.3 cm³/mol. The number of aromatic nitrogens is 3. The third kappa shape index (κ3) is 3.01. The van der Waals surface area contributed by atoms with Crippen LogP contribution < -0.4 is 5.73 Å². The van der Waals surface area contributed by atoms with Crippen molar-refractivity contribution in [2.75, 3.05) is 18.8 Å². The molecule has 1 aliphatic rings. The lowest BCUT2D eigenvalue weighted by atomic mass is 9.88. The van der Waals surface area contributed by atoms with Crippen LogP contribution in [0.4, 0.5) is 10.6 Å². The van der Waals surface area contributed by atoms with E-state index in [0.29, 0.717) is 43.0 Å². The van der Waals surface area contributed by atoms with Crippen LogP contribution in [0.1, 0.15) is 39.3 Å². The van der Waals surface area contributed by atoms with E-state index in [1.54, 1.807) is 15.5 Å². The van der Waals surface area contributed by atoms with Crippen LogP contribution in [-0.2, 0) is 10.3 Å². The summed E-state index contributed by atoms with van der Waals surface area (Å²) >= 11 is 0. The van der Waals surface area contributed by atoms with Crippen molar-refractivity contribution >= 4 is 17.4 Å². The van der Waals surface area contributed by atoms with E-state index in [9.17, 15) is 9.90 Å². The van der Waals surface area contributed by atoms with E-state index in [0.717, 1.165) is 0 Å². The molecule has 130 valence electrons. The summed E-state index contributed by atoms with van der Waals surface area (Å²) in [6, 6.07) is 3.60. The van der Waals surface area contributed by atoms with Crippen LogP contribution in [0.2, 0.25) is 0 Å². The third-order valence-electron chi connectivity index (χ3n) is 4.20. The number of rotatable bonds is 1. The van der Waals surface area contributed by atoms with Gasteiger partial charge in [-0.05, 0) is 45.7 Å². The first kappa shape index (κ1) is 16.5. The van der Waals surface area contributed by atoms with Crippen molar-refractivity contribution in [3.63, 3.8) is 0 Å². The molecule has 0 radical (unpaired) electrons. The molecule has 3 heterocycles. The first-order chi connectivity index (χ1) is 11.2. The largest absolute Gasteiger partial charge is 0.444 e. The average molecular weight is 333 g/mol. The third-order valence-corrected chi connectivity index (χ3v) is 4.20. The molecule has 3 N–H and O–H groups in total. The molecule has 2 aromatic rings. The number of likely N-dealkylation sites (tertiary alicyclic amines) is 1. The average Bonchev–Trinajstić information content (AvgIpc) is 2.92. The van der Waals surface area contributed by atoms with Gasteiger partial charge in [-0.3, -0.25) is 0 Å². The first-order valence-electron chi connectivity index (χ1n) is 7.99. The van der Waals surface area contributed by atoms with E-state index in [4.69, 9.17) is 10.5 Å². The SMILES string of the molecule is CC(C)(C)OC(=O)N1CCC(O)(c2ccc3c(N)ncnn23)CC1. The second kappa shape index (κ2) is 5.62. The van der Waals surface area contributed by atoms with Gasteiger partial charge >= 0.3 is 6.09 Å². The fraction of sp³-hybridized carbons (Fsp3) is 0.562. The maximum atomic E-state index is 12.1. The Kier molecular flexibility index (Phi) is 3.87. The zero-order valence-electron chi connectivity index (χ0n) is 14.2. The van der Waals surface area contributed by atoms with Crippen molar-refractivity contribution in [2.45, 2.75) is 44.8 Å². The number of nitrogens with zero attached hydrogens (tertiary/aromatic N) is 4. The lowest BCUT2D eigenvalue weighted by Crippen LogP contribution is -2.47. The fourth-order valence-electron chi connectivity index (χ4n) is 2.95. The monoisotopic (exact) mass is 333 g/mol. The van der Waals surface area contributed by atoms with Crippen molar-refractivity contribution in [1.82, 2.24) is 19.5 Å². The first-order valence-corrected chi connectivity index (χ1v) is 7.99. The van der Waals surface area contributed by atoms with Gasteiger partial charge in [-0.1, -0.05) is 0 Å². The molecule has 24 heavy (non-hydrogen) atoms. The second-order valence-electron chi connectivity index (χ2n) is 7.16. The van der Waals surface area contributed by atoms with Gasteiger partial charge in [0, 0.05) is 13.1 Å².